The van der Waals surface area contributed by atoms with Crippen LogP contribution in [-0.4, -0.2) is 32.3 Å². The first-order valence-corrected chi connectivity index (χ1v) is 8.15. The summed E-state index contributed by atoms with van der Waals surface area (Å²) in [6.07, 6.45) is 3.03. The lowest BCUT2D eigenvalue weighted by Gasteiger charge is -2.33. The van der Waals surface area contributed by atoms with Gasteiger partial charge in [0.1, 0.15) is 6.04 Å². The van der Waals surface area contributed by atoms with Crippen LogP contribution < -0.4 is 5.32 Å². The molecule has 0 aliphatic carbocycles. The second-order valence-corrected chi connectivity index (χ2v) is 6.00. The number of methoxy groups -OCH3 is 1. The highest BCUT2D eigenvalue weighted by Gasteiger charge is 2.28. The third kappa shape index (κ3) is 4.31. The van der Waals surface area contributed by atoms with E-state index in [1.165, 1.54) is 18.2 Å². The third-order valence-electron chi connectivity index (χ3n) is 4.37. The topological polar surface area (TPSA) is 47.6 Å². The fourth-order valence-electron chi connectivity index (χ4n) is 3.01. The molecule has 1 aromatic rings. The summed E-state index contributed by atoms with van der Waals surface area (Å²) in [5.41, 5.74) is 2.48. The van der Waals surface area contributed by atoms with Gasteiger partial charge >= 0.3 is 5.97 Å². The number of benzene rings is 1. The van der Waals surface area contributed by atoms with E-state index in [9.17, 15) is 4.79 Å². The normalized spacial score (nSPS) is 23.0. The van der Waals surface area contributed by atoms with Gasteiger partial charge in [0.25, 0.3) is 0 Å². The number of carbonyl (C=O) groups is 1. The molecule has 0 aromatic heterocycles. The van der Waals surface area contributed by atoms with Gasteiger partial charge in [-0.05, 0) is 31.7 Å². The lowest BCUT2D eigenvalue weighted by Crippen LogP contribution is -2.42. The highest BCUT2D eigenvalue weighted by Crippen LogP contribution is 2.33. The van der Waals surface area contributed by atoms with E-state index in [0.717, 1.165) is 32.4 Å². The first-order valence-electron chi connectivity index (χ1n) is 8.15. The van der Waals surface area contributed by atoms with Crippen LogP contribution in [0.4, 0.5) is 0 Å². The van der Waals surface area contributed by atoms with Crippen LogP contribution >= 0.6 is 0 Å². The monoisotopic (exact) mass is 305 g/mol. The predicted molar refractivity (Wildman–Crippen MR) is 86.7 cm³/mol. The smallest absolute Gasteiger partial charge is 0.322 e. The van der Waals surface area contributed by atoms with Crippen LogP contribution in [0.3, 0.4) is 0 Å². The van der Waals surface area contributed by atoms with Crippen LogP contribution in [0.15, 0.2) is 24.3 Å². The Morgan fingerprint density at radius 2 is 2.14 bits per heavy atom. The Morgan fingerprint density at radius 1 is 1.41 bits per heavy atom. The van der Waals surface area contributed by atoms with Crippen molar-refractivity contribution in [3.05, 3.63) is 35.4 Å². The minimum atomic E-state index is -0.231. The van der Waals surface area contributed by atoms with Gasteiger partial charge in [-0.15, -0.1) is 0 Å². The summed E-state index contributed by atoms with van der Waals surface area (Å²) >= 11 is 0. The van der Waals surface area contributed by atoms with Gasteiger partial charge in [0.2, 0.25) is 0 Å². The van der Waals surface area contributed by atoms with Gasteiger partial charge in [-0.3, -0.25) is 4.79 Å². The molecular formula is C18H27NO3. The number of hydrogen-bond donors (Lipinski definition) is 1. The molecule has 0 amide bonds. The number of hydrogen-bond acceptors (Lipinski definition) is 4. The molecule has 4 nitrogen and oxygen atoms in total. The van der Waals surface area contributed by atoms with Crippen LogP contribution in [-0.2, 0) is 14.3 Å². The molecule has 0 spiro atoms. The fourth-order valence-corrected chi connectivity index (χ4v) is 3.01. The van der Waals surface area contributed by atoms with Crippen molar-refractivity contribution in [2.75, 3.05) is 20.3 Å². The lowest BCUT2D eigenvalue weighted by atomic mass is 9.89. The summed E-state index contributed by atoms with van der Waals surface area (Å²) in [5.74, 6) is 0.196. The molecule has 1 fully saturated rings. The summed E-state index contributed by atoms with van der Waals surface area (Å²) in [6, 6.07) is 8.32. The summed E-state index contributed by atoms with van der Waals surface area (Å²) in [4.78, 5) is 11.7. The fraction of sp³-hybridized carbons (Fsp3) is 0.611. The van der Waals surface area contributed by atoms with Crippen molar-refractivity contribution in [3.8, 4) is 0 Å². The largest absolute Gasteiger partial charge is 0.468 e. The third-order valence-corrected chi connectivity index (χ3v) is 4.37. The second kappa shape index (κ2) is 8.30. The Labute approximate surface area is 133 Å². The summed E-state index contributed by atoms with van der Waals surface area (Å²) < 4.78 is 10.8. The number of carbonyl (C=O) groups excluding carboxylic acids is 1. The number of nitrogens with one attached hydrogen (secondary N) is 1. The Morgan fingerprint density at radius 3 is 2.77 bits per heavy atom. The first kappa shape index (κ1) is 17.0. The van der Waals surface area contributed by atoms with Crippen molar-refractivity contribution >= 4 is 5.97 Å². The van der Waals surface area contributed by atoms with Gasteiger partial charge in [0.05, 0.1) is 13.2 Å². The Kier molecular flexibility index (Phi) is 6.40. The molecule has 1 aliphatic rings. The zero-order valence-corrected chi connectivity index (χ0v) is 13.8. The van der Waals surface area contributed by atoms with Crippen molar-refractivity contribution < 1.29 is 14.3 Å². The molecule has 3 atom stereocenters. The van der Waals surface area contributed by atoms with Gasteiger partial charge in [-0.25, -0.2) is 0 Å². The van der Waals surface area contributed by atoms with E-state index in [1.807, 2.05) is 6.92 Å². The maximum Gasteiger partial charge on any atom is 0.322 e. The minimum absolute atomic E-state index is 0.108. The molecule has 1 aliphatic heterocycles. The van der Waals surface area contributed by atoms with Gasteiger partial charge in [0, 0.05) is 19.1 Å². The maximum atomic E-state index is 11.7. The number of ether oxygens (including phenoxy) is 2. The highest BCUT2D eigenvalue weighted by molar-refractivity contribution is 5.75. The van der Waals surface area contributed by atoms with Crippen molar-refractivity contribution in [3.63, 3.8) is 0 Å². The molecule has 22 heavy (non-hydrogen) atoms. The molecule has 0 unspecified atom stereocenters. The van der Waals surface area contributed by atoms with Crippen LogP contribution in [0.5, 0.6) is 0 Å². The van der Waals surface area contributed by atoms with Crippen molar-refractivity contribution in [1.29, 1.82) is 0 Å². The molecule has 0 bridgehead atoms. The molecule has 1 aromatic carbocycles. The van der Waals surface area contributed by atoms with E-state index in [0.29, 0.717) is 5.92 Å². The van der Waals surface area contributed by atoms with Gasteiger partial charge in [0.15, 0.2) is 0 Å². The van der Waals surface area contributed by atoms with E-state index in [-0.39, 0.29) is 18.1 Å². The van der Waals surface area contributed by atoms with E-state index >= 15 is 0 Å². The second-order valence-electron chi connectivity index (χ2n) is 6.00. The molecular weight excluding hydrogens is 278 g/mol. The molecule has 1 N–H and O–H groups in total. The van der Waals surface area contributed by atoms with Crippen LogP contribution in [0.25, 0.3) is 0 Å². The molecule has 1 saturated heterocycles. The zero-order valence-electron chi connectivity index (χ0n) is 13.8. The number of aryl methyl sites for hydroxylation is 1. The average molecular weight is 305 g/mol. The van der Waals surface area contributed by atoms with E-state index in [1.54, 1.807) is 0 Å². The van der Waals surface area contributed by atoms with Crippen LogP contribution in [0, 0.1) is 12.8 Å². The van der Waals surface area contributed by atoms with E-state index in [2.05, 4.69) is 36.5 Å². The lowest BCUT2D eigenvalue weighted by molar-refractivity contribution is -0.143. The van der Waals surface area contributed by atoms with Crippen molar-refractivity contribution in [2.24, 2.45) is 5.92 Å². The van der Waals surface area contributed by atoms with E-state index in [4.69, 9.17) is 9.47 Å². The van der Waals surface area contributed by atoms with Crippen LogP contribution in [0.1, 0.15) is 43.4 Å². The molecule has 2 rings (SSSR count). The zero-order chi connectivity index (χ0) is 15.9. The highest BCUT2D eigenvalue weighted by atomic mass is 16.5. The maximum absolute atomic E-state index is 11.7. The standard InChI is InChI=1S/C18H27NO3/c1-4-16(18(20)21-3)19-12-15-6-5-11-22-17(15)14-9-7-13(2)8-10-14/h7-10,15-17,19H,4-6,11-12H2,1-3H3/t15-,16-,17+/m0/s1. The summed E-state index contributed by atoms with van der Waals surface area (Å²) in [7, 11) is 1.44. The molecule has 122 valence electrons. The Bertz CT molecular complexity index is 472. The Hall–Kier alpha value is -1.39. The molecule has 4 heteroatoms. The van der Waals surface area contributed by atoms with Gasteiger partial charge in [-0.1, -0.05) is 36.8 Å². The summed E-state index contributed by atoms with van der Waals surface area (Å²) in [5, 5.41) is 3.35. The molecule has 0 radical (unpaired) electrons. The van der Waals surface area contributed by atoms with Crippen LogP contribution in [0.2, 0.25) is 0 Å². The average Bonchev–Trinajstić information content (AvgIpc) is 2.56. The van der Waals surface area contributed by atoms with Crippen molar-refractivity contribution in [1.82, 2.24) is 5.32 Å². The minimum Gasteiger partial charge on any atom is -0.468 e. The predicted octanol–water partition coefficient (Wildman–Crippen LogP) is 3.00. The van der Waals surface area contributed by atoms with Crippen molar-refractivity contribution in [2.45, 2.75) is 45.3 Å². The first-order chi connectivity index (χ1) is 10.7. The van der Waals surface area contributed by atoms with E-state index < -0.39 is 0 Å². The number of esters is 1. The van der Waals surface area contributed by atoms with Gasteiger partial charge in [-0.2, -0.15) is 0 Å². The quantitative estimate of drug-likeness (QED) is 0.821. The SMILES string of the molecule is CC[C@H](NC[C@@H]1CCCO[C@@H]1c1ccc(C)cc1)C(=O)OC. The summed E-state index contributed by atoms with van der Waals surface area (Å²) in [6.45, 7) is 5.66. The molecule has 0 saturated carbocycles. The van der Waals surface area contributed by atoms with Gasteiger partial charge < -0.3 is 14.8 Å². The Balaban J connectivity index is 2.00. The molecule has 1 heterocycles. The number of rotatable bonds is 6.